The van der Waals surface area contributed by atoms with Gasteiger partial charge in [-0.25, -0.2) is 0 Å². The fourth-order valence-corrected chi connectivity index (χ4v) is 6.50. The molecule has 0 spiro atoms. The number of nitrogens with one attached hydrogen (secondary N) is 1. The predicted octanol–water partition coefficient (Wildman–Crippen LogP) is 9.53. The summed E-state index contributed by atoms with van der Waals surface area (Å²) >= 11 is 3.67. The molecule has 1 heterocycles. The Kier molecular flexibility index (Phi) is 7.14. The van der Waals surface area contributed by atoms with Gasteiger partial charge in [0.15, 0.2) is 0 Å². The van der Waals surface area contributed by atoms with Gasteiger partial charge in [-0.3, -0.25) is 4.99 Å². The maximum absolute atomic E-state index is 6.08. The molecule has 0 radical (unpaired) electrons. The summed E-state index contributed by atoms with van der Waals surface area (Å²) in [6.07, 6.45) is 7.75. The number of anilines is 1. The molecule has 0 bridgehead atoms. The van der Waals surface area contributed by atoms with E-state index < -0.39 is 0 Å². The molecule has 0 unspecified atom stereocenters. The molecule has 6 rings (SSSR count). The van der Waals surface area contributed by atoms with Gasteiger partial charge in [0.1, 0.15) is 12.4 Å². The summed E-state index contributed by atoms with van der Waals surface area (Å²) in [5.74, 6) is 1.85. The van der Waals surface area contributed by atoms with Crippen molar-refractivity contribution >= 4 is 33.5 Å². The molecular weight excluding hydrogens is 544 g/mol. The fraction of sp³-hybridized carbons (Fsp3) is 0.229. The van der Waals surface area contributed by atoms with E-state index in [0.29, 0.717) is 24.5 Å². The van der Waals surface area contributed by atoms with Gasteiger partial charge < -0.3 is 10.1 Å². The van der Waals surface area contributed by atoms with Crippen LogP contribution in [0.2, 0.25) is 0 Å². The first kappa shape index (κ1) is 25.6. The van der Waals surface area contributed by atoms with Gasteiger partial charge >= 0.3 is 0 Å². The third-order valence-corrected chi connectivity index (χ3v) is 8.38. The van der Waals surface area contributed by atoms with Crippen LogP contribution >= 0.6 is 15.9 Å². The molecule has 1 aliphatic carbocycles. The monoisotopic (exact) mass is 576 g/mol. The second-order valence-corrected chi connectivity index (χ2v) is 11.7. The summed E-state index contributed by atoms with van der Waals surface area (Å²) in [5.41, 5.74) is 11.0. The molecular formula is C35H33BrN2O. The smallest absolute Gasteiger partial charge is 0.134 e. The molecule has 0 saturated carbocycles. The van der Waals surface area contributed by atoms with Gasteiger partial charge in [-0.2, -0.15) is 0 Å². The van der Waals surface area contributed by atoms with Crippen LogP contribution in [-0.4, -0.2) is 6.21 Å². The SMILES string of the molecule is Cc1cc(C)cc(COc2ccc(C=Nc3ccc([C@@H]4Nc5ccc(C)cc5[C@H]5C=CC[C@H]54)cc3)cc2Br)c1. The summed E-state index contributed by atoms with van der Waals surface area (Å²) in [6.45, 7) is 6.94. The first-order valence-electron chi connectivity index (χ1n) is 13.6. The second kappa shape index (κ2) is 10.9. The highest BCUT2D eigenvalue weighted by molar-refractivity contribution is 9.10. The molecule has 4 aromatic carbocycles. The zero-order valence-electron chi connectivity index (χ0n) is 22.6. The number of aryl methyl sites for hydroxylation is 3. The molecule has 39 heavy (non-hydrogen) atoms. The molecule has 0 aromatic heterocycles. The fourth-order valence-electron chi connectivity index (χ4n) is 5.99. The lowest BCUT2D eigenvalue weighted by Crippen LogP contribution is -2.29. The zero-order chi connectivity index (χ0) is 26.9. The Balaban J connectivity index is 1.12. The quantitative estimate of drug-likeness (QED) is 0.183. The Morgan fingerprint density at radius 2 is 1.69 bits per heavy atom. The number of halogens is 1. The Hall–Kier alpha value is -3.63. The highest BCUT2D eigenvalue weighted by Crippen LogP contribution is 2.50. The number of hydrogen-bond donors (Lipinski definition) is 1. The van der Waals surface area contributed by atoms with E-state index in [1.165, 1.54) is 39.1 Å². The molecule has 4 heteroatoms. The van der Waals surface area contributed by atoms with E-state index in [-0.39, 0.29) is 0 Å². The van der Waals surface area contributed by atoms with Gasteiger partial charge in [0.05, 0.1) is 16.2 Å². The van der Waals surface area contributed by atoms with E-state index >= 15 is 0 Å². The minimum Gasteiger partial charge on any atom is -0.488 e. The summed E-state index contributed by atoms with van der Waals surface area (Å²) in [4.78, 5) is 4.74. The van der Waals surface area contributed by atoms with E-state index in [0.717, 1.165) is 27.9 Å². The Bertz CT molecular complexity index is 1550. The molecule has 3 nitrogen and oxygen atoms in total. The van der Waals surface area contributed by atoms with Crippen LogP contribution in [0.5, 0.6) is 5.75 Å². The molecule has 1 N–H and O–H groups in total. The number of allylic oxidation sites excluding steroid dienone is 2. The van der Waals surface area contributed by atoms with Crippen LogP contribution in [0.15, 0.2) is 100 Å². The van der Waals surface area contributed by atoms with Crippen molar-refractivity contribution in [3.63, 3.8) is 0 Å². The first-order chi connectivity index (χ1) is 18.9. The third kappa shape index (κ3) is 5.58. The molecule has 2 aliphatic rings. The molecule has 4 aromatic rings. The van der Waals surface area contributed by atoms with E-state index in [1.54, 1.807) is 0 Å². The normalized spacial score (nSPS) is 19.5. The van der Waals surface area contributed by atoms with Gasteiger partial charge in [-0.05, 0) is 108 Å². The lowest BCUT2D eigenvalue weighted by atomic mass is 9.76. The van der Waals surface area contributed by atoms with Gasteiger partial charge in [0.25, 0.3) is 0 Å². The highest BCUT2D eigenvalue weighted by atomic mass is 79.9. The van der Waals surface area contributed by atoms with Crippen LogP contribution in [0, 0.1) is 26.7 Å². The minimum absolute atomic E-state index is 0.297. The molecule has 0 amide bonds. The number of benzene rings is 4. The van der Waals surface area contributed by atoms with Crippen LogP contribution < -0.4 is 10.1 Å². The molecule has 196 valence electrons. The van der Waals surface area contributed by atoms with Gasteiger partial charge in [0.2, 0.25) is 0 Å². The van der Waals surface area contributed by atoms with Crippen LogP contribution in [-0.2, 0) is 6.61 Å². The molecule has 0 fully saturated rings. The summed E-state index contributed by atoms with van der Waals surface area (Å²) in [6, 6.07) is 28.3. The lowest BCUT2D eigenvalue weighted by Gasteiger charge is -2.37. The van der Waals surface area contributed by atoms with Crippen LogP contribution in [0.1, 0.15) is 57.3 Å². The van der Waals surface area contributed by atoms with E-state index in [9.17, 15) is 0 Å². The average molecular weight is 578 g/mol. The van der Waals surface area contributed by atoms with Crippen LogP contribution in [0.4, 0.5) is 11.4 Å². The second-order valence-electron chi connectivity index (χ2n) is 10.9. The lowest BCUT2D eigenvalue weighted by molar-refractivity contribution is 0.304. The van der Waals surface area contributed by atoms with Crippen molar-refractivity contribution in [1.82, 2.24) is 0 Å². The van der Waals surface area contributed by atoms with Crippen molar-refractivity contribution < 1.29 is 4.74 Å². The number of nitrogens with zero attached hydrogens (tertiary/aromatic N) is 1. The average Bonchev–Trinajstić information content (AvgIpc) is 3.41. The number of aliphatic imine (C=N–C) groups is 1. The maximum atomic E-state index is 6.08. The van der Waals surface area contributed by atoms with Crippen molar-refractivity contribution in [2.75, 3.05) is 5.32 Å². The van der Waals surface area contributed by atoms with Crippen molar-refractivity contribution in [2.45, 2.75) is 45.8 Å². The summed E-state index contributed by atoms with van der Waals surface area (Å²) < 4.78 is 7.00. The third-order valence-electron chi connectivity index (χ3n) is 7.76. The zero-order valence-corrected chi connectivity index (χ0v) is 24.2. The number of rotatable bonds is 6. The van der Waals surface area contributed by atoms with E-state index in [1.807, 2.05) is 24.4 Å². The largest absolute Gasteiger partial charge is 0.488 e. The molecule has 3 atom stereocenters. The highest BCUT2D eigenvalue weighted by Gasteiger charge is 2.37. The van der Waals surface area contributed by atoms with Crippen LogP contribution in [0.25, 0.3) is 0 Å². The number of fused-ring (bicyclic) bond motifs is 3. The summed E-state index contributed by atoms with van der Waals surface area (Å²) in [5, 5.41) is 3.83. The van der Waals surface area contributed by atoms with Crippen molar-refractivity contribution in [2.24, 2.45) is 10.9 Å². The number of ether oxygens (including phenoxy) is 1. The van der Waals surface area contributed by atoms with Crippen molar-refractivity contribution in [1.29, 1.82) is 0 Å². The Labute approximate surface area is 239 Å². The minimum atomic E-state index is 0.297. The van der Waals surface area contributed by atoms with E-state index in [2.05, 4.69) is 115 Å². The molecule has 0 saturated heterocycles. The topological polar surface area (TPSA) is 33.6 Å². The predicted molar refractivity (Wildman–Crippen MR) is 166 cm³/mol. The van der Waals surface area contributed by atoms with Crippen molar-refractivity contribution in [3.8, 4) is 5.75 Å². The standard InChI is InChI=1S/C35H33BrN2O/c1-22-7-13-33-31(18-22)29-5-4-6-30(29)35(38-33)27-9-11-28(12-10-27)37-20-25-8-14-34(32(36)19-25)39-21-26-16-23(2)15-24(3)17-26/h4-5,7-20,29-30,35,38H,6,21H2,1-3H3/t29-,30+,35-/m0/s1. The Morgan fingerprint density at radius 1 is 0.897 bits per heavy atom. The number of hydrogen-bond acceptors (Lipinski definition) is 3. The Morgan fingerprint density at radius 3 is 2.46 bits per heavy atom. The van der Waals surface area contributed by atoms with Gasteiger partial charge in [-0.1, -0.05) is 71.3 Å². The van der Waals surface area contributed by atoms with Crippen molar-refractivity contribution in [3.05, 3.63) is 134 Å². The summed E-state index contributed by atoms with van der Waals surface area (Å²) in [7, 11) is 0. The molecule has 1 aliphatic heterocycles. The first-order valence-corrected chi connectivity index (χ1v) is 14.4. The van der Waals surface area contributed by atoms with Gasteiger partial charge in [0, 0.05) is 17.8 Å². The van der Waals surface area contributed by atoms with Crippen LogP contribution in [0.3, 0.4) is 0 Å². The maximum Gasteiger partial charge on any atom is 0.134 e. The van der Waals surface area contributed by atoms with Gasteiger partial charge in [-0.15, -0.1) is 0 Å². The van der Waals surface area contributed by atoms with E-state index in [4.69, 9.17) is 9.73 Å².